The maximum absolute atomic E-state index is 14.8. The highest BCUT2D eigenvalue weighted by molar-refractivity contribution is 5.93. The molecule has 1 saturated heterocycles. The van der Waals surface area contributed by atoms with Crippen LogP contribution >= 0.6 is 0 Å². The first-order chi connectivity index (χ1) is 16.2. The largest absolute Gasteiger partial charge is 0.370 e. The Hall–Kier alpha value is -3.73. The molecule has 0 unspecified atom stereocenters. The summed E-state index contributed by atoms with van der Waals surface area (Å²) in [6.07, 6.45) is 3.28. The molecule has 1 atom stereocenters. The molecule has 5 rings (SSSR count). The van der Waals surface area contributed by atoms with E-state index in [0.29, 0.717) is 37.4 Å². The van der Waals surface area contributed by atoms with Gasteiger partial charge in [0.2, 0.25) is 0 Å². The minimum atomic E-state index is -1.31. The lowest BCUT2D eigenvalue weighted by molar-refractivity contribution is 0.0395. The Bertz CT molecular complexity index is 1480. The number of halogens is 3. The molecule has 4 heterocycles. The van der Waals surface area contributed by atoms with Crippen molar-refractivity contribution in [1.29, 1.82) is 0 Å². The number of ether oxygens (including phenoxy) is 1. The number of aryl methyl sites for hydroxylation is 2. The molecule has 0 amide bonds. The molecule has 0 N–H and O–H groups in total. The van der Waals surface area contributed by atoms with Gasteiger partial charge in [-0.3, -0.25) is 14.0 Å². The van der Waals surface area contributed by atoms with Gasteiger partial charge in [0.05, 0.1) is 18.2 Å². The van der Waals surface area contributed by atoms with Crippen LogP contribution in [0.2, 0.25) is 0 Å². The average Bonchev–Trinajstić information content (AvgIpc) is 3.26. The van der Waals surface area contributed by atoms with Crippen LogP contribution in [0.5, 0.6) is 0 Å². The minimum absolute atomic E-state index is 0.0332. The van der Waals surface area contributed by atoms with Gasteiger partial charge in [0, 0.05) is 50.6 Å². The fourth-order valence-electron chi connectivity index (χ4n) is 4.08. The van der Waals surface area contributed by atoms with Gasteiger partial charge in [-0.05, 0) is 19.1 Å². The molecule has 0 bridgehead atoms. The molecular weight excluding hydrogens is 449 g/mol. The lowest BCUT2D eigenvalue weighted by Crippen LogP contribution is -2.39. The molecule has 3 aromatic heterocycles. The second kappa shape index (κ2) is 8.24. The highest BCUT2D eigenvalue weighted by Gasteiger charge is 2.26. The standard InChI is InChI=1S/C23H21F3N6O2/c1-12-28-22-15(23(33)31(12)3)7-20(29-21(22)14-6-17(25)18(26)8-16(14)24)32-4-5-34-19(11-32)13-9-27-30(2)10-13/h6-10,19H,4-5,11H2,1-3H3/t19-/m1/s1. The molecule has 176 valence electrons. The fraction of sp³-hybridized carbons (Fsp3) is 0.304. The summed E-state index contributed by atoms with van der Waals surface area (Å²) in [4.78, 5) is 24.0. The van der Waals surface area contributed by atoms with Crippen molar-refractivity contribution >= 4 is 16.7 Å². The summed E-state index contributed by atoms with van der Waals surface area (Å²) in [5.74, 6) is -2.78. The topological polar surface area (TPSA) is 78.1 Å². The molecule has 0 saturated carbocycles. The summed E-state index contributed by atoms with van der Waals surface area (Å²) in [5.41, 5.74) is 0.337. The Morgan fingerprint density at radius 2 is 1.82 bits per heavy atom. The van der Waals surface area contributed by atoms with E-state index in [0.717, 1.165) is 11.6 Å². The van der Waals surface area contributed by atoms with E-state index < -0.39 is 17.5 Å². The van der Waals surface area contributed by atoms with Gasteiger partial charge in [0.15, 0.2) is 11.6 Å². The Morgan fingerprint density at radius 3 is 2.56 bits per heavy atom. The lowest BCUT2D eigenvalue weighted by atomic mass is 10.1. The fourth-order valence-corrected chi connectivity index (χ4v) is 4.08. The quantitative estimate of drug-likeness (QED) is 0.429. The Morgan fingerprint density at radius 1 is 1.06 bits per heavy atom. The zero-order valence-electron chi connectivity index (χ0n) is 18.7. The summed E-state index contributed by atoms with van der Waals surface area (Å²) < 4.78 is 51.4. The van der Waals surface area contributed by atoms with Crippen LogP contribution < -0.4 is 10.5 Å². The van der Waals surface area contributed by atoms with Crippen molar-refractivity contribution in [3.63, 3.8) is 0 Å². The smallest absolute Gasteiger partial charge is 0.261 e. The molecule has 0 radical (unpaired) electrons. The number of benzene rings is 1. The second-order valence-corrected chi connectivity index (χ2v) is 8.25. The van der Waals surface area contributed by atoms with Crippen molar-refractivity contribution in [2.24, 2.45) is 14.1 Å². The normalized spacial score (nSPS) is 16.4. The van der Waals surface area contributed by atoms with Crippen LogP contribution in [-0.4, -0.2) is 44.0 Å². The Labute approximate surface area is 192 Å². The number of hydrogen-bond donors (Lipinski definition) is 0. The summed E-state index contributed by atoms with van der Waals surface area (Å²) >= 11 is 0. The van der Waals surface area contributed by atoms with E-state index in [-0.39, 0.29) is 33.8 Å². The predicted molar refractivity (Wildman–Crippen MR) is 119 cm³/mol. The van der Waals surface area contributed by atoms with E-state index in [1.54, 1.807) is 30.9 Å². The number of hydrogen-bond acceptors (Lipinski definition) is 6. The first-order valence-corrected chi connectivity index (χ1v) is 10.6. The molecule has 11 heteroatoms. The Kier molecular flexibility index (Phi) is 5.35. The van der Waals surface area contributed by atoms with Crippen molar-refractivity contribution in [2.75, 3.05) is 24.6 Å². The number of aromatic nitrogens is 5. The Balaban J connectivity index is 1.69. The molecule has 1 aliphatic rings. The van der Waals surface area contributed by atoms with Crippen LogP contribution in [0.3, 0.4) is 0 Å². The predicted octanol–water partition coefficient (Wildman–Crippen LogP) is 3.03. The van der Waals surface area contributed by atoms with Crippen LogP contribution in [0.25, 0.3) is 22.2 Å². The first kappa shape index (κ1) is 22.1. The van der Waals surface area contributed by atoms with Gasteiger partial charge in [-0.2, -0.15) is 5.10 Å². The average molecular weight is 470 g/mol. The molecule has 1 aliphatic heterocycles. The van der Waals surface area contributed by atoms with Crippen molar-refractivity contribution in [3.8, 4) is 11.3 Å². The highest BCUT2D eigenvalue weighted by atomic mass is 19.2. The molecular formula is C23H21F3N6O2. The van der Waals surface area contributed by atoms with E-state index in [1.807, 2.05) is 18.1 Å². The second-order valence-electron chi connectivity index (χ2n) is 8.25. The van der Waals surface area contributed by atoms with Gasteiger partial charge < -0.3 is 9.64 Å². The van der Waals surface area contributed by atoms with Gasteiger partial charge in [-0.25, -0.2) is 23.1 Å². The first-order valence-electron chi connectivity index (χ1n) is 10.6. The van der Waals surface area contributed by atoms with Crippen LogP contribution in [0.1, 0.15) is 17.5 Å². The molecule has 4 aromatic rings. The van der Waals surface area contributed by atoms with Gasteiger partial charge in [0.1, 0.15) is 34.8 Å². The van der Waals surface area contributed by atoms with Gasteiger partial charge in [-0.15, -0.1) is 0 Å². The van der Waals surface area contributed by atoms with Gasteiger partial charge in [-0.1, -0.05) is 0 Å². The van der Waals surface area contributed by atoms with Crippen LogP contribution in [-0.2, 0) is 18.8 Å². The third-order valence-corrected chi connectivity index (χ3v) is 6.03. The lowest BCUT2D eigenvalue weighted by Gasteiger charge is -2.33. The third kappa shape index (κ3) is 3.71. The number of morpholine rings is 1. The van der Waals surface area contributed by atoms with E-state index >= 15 is 0 Å². The van der Waals surface area contributed by atoms with Crippen LogP contribution in [0, 0.1) is 24.4 Å². The van der Waals surface area contributed by atoms with Gasteiger partial charge >= 0.3 is 0 Å². The summed E-state index contributed by atoms with van der Waals surface area (Å²) in [6, 6.07) is 2.80. The maximum atomic E-state index is 14.8. The number of pyridine rings is 1. The zero-order chi connectivity index (χ0) is 24.1. The molecule has 34 heavy (non-hydrogen) atoms. The minimum Gasteiger partial charge on any atom is -0.370 e. The summed E-state index contributed by atoms with van der Waals surface area (Å²) in [6.45, 7) is 2.89. The van der Waals surface area contributed by atoms with Crippen molar-refractivity contribution in [1.82, 2.24) is 24.3 Å². The number of nitrogens with zero attached hydrogens (tertiary/aromatic N) is 6. The van der Waals surface area contributed by atoms with E-state index in [2.05, 4.69) is 15.1 Å². The van der Waals surface area contributed by atoms with Gasteiger partial charge in [0.25, 0.3) is 5.56 Å². The third-order valence-electron chi connectivity index (χ3n) is 6.03. The van der Waals surface area contributed by atoms with Crippen molar-refractivity contribution < 1.29 is 17.9 Å². The van der Waals surface area contributed by atoms with E-state index in [4.69, 9.17) is 4.74 Å². The molecule has 0 spiro atoms. The maximum Gasteiger partial charge on any atom is 0.261 e. The van der Waals surface area contributed by atoms with Crippen LogP contribution in [0.15, 0.2) is 35.4 Å². The molecule has 1 aromatic carbocycles. The monoisotopic (exact) mass is 470 g/mol. The van der Waals surface area contributed by atoms with Crippen molar-refractivity contribution in [2.45, 2.75) is 13.0 Å². The highest BCUT2D eigenvalue weighted by Crippen LogP contribution is 2.33. The number of fused-ring (bicyclic) bond motifs is 1. The summed E-state index contributed by atoms with van der Waals surface area (Å²) in [7, 11) is 3.39. The number of anilines is 1. The molecule has 0 aliphatic carbocycles. The molecule has 1 fully saturated rings. The zero-order valence-corrected chi connectivity index (χ0v) is 18.7. The van der Waals surface area contributed by atoms with Crippen molar-refractivity contribution in [3.05, 3.63) is 69.8 Å². The number of rotatable bonds is 3. The molecule has 8 nitrogen and oxygen atoms in total. The summed E-state index contributed by atoms with van der Waals surface area (Å²) in [5, 5.41) is 4.38. The van der Waals surface area contributed by atoms with E-state index in [1.165, 1.54) is 4.57 Å². The van der Waals surface area contributed by atoms with Crippen LogP contribution in [0.4, 0.5) is 19.0 Å². The SMILES string of the molecule is Cc1nc2c(-c3cc(F)c(F)cc3F)nc(N3CCO[C@@H](c4cnn(C)c4)C3)cc2c(=O)n1C. The van der Waals surface area contributed by atoms with E-state index in [9.17, 15) is 18.0 Å².